The summed E-state index contributed by atoms with van der Waals surface area (Å²) in [5.41, 5.74) is 5.16. The lowest BCUT2D eigenvalue weighted by Crippen LogP contribution is -2.19. The molecule has 1 rings (SSSR count). The molecule has 0 atom stereocenters. The summed E-state index contributed by atoms with van der Waals surface area (Å²) in [7, 11) is -4.31. The second kappa shape index (κ2) is 4.01. The predicted molar refractivity (Wildman–Crippen MR) is 58.3 cm³/mol. The summed E-state index contributed by atoms with van der Waals surface area (Å²) in [6.45, 7) is 0. The summed E-state index contributed by atoms with van der Waals surface area (Å²) >= 11 is 4.52. The van der Waals surface area contributed by atoms with Gasteiger partial charge in [0.25, 0.3) is 10.1 Å². The molecule has 0 aliphatic rings. The van der Waals surface area contributed by atoms with Gasteiger partial charge in [-0.15, -0.1) is 0 Å². The van der Waals surface area contributed by atoms with Crippen LogP contribution in [0.25, 0.3) is 0 Å². The Kier molecular flexibility index (Phi) is 3.12. The van der Waals surface area contributed by atoms with Gasteiger partial charge < -0.3 is 16.2 Å². The Bertz CT molecular complexity index is 498. The lowest BCUT2D eigenvalue weighted by Gasteiger charge is -2.07. The number of thiocarbonyl (C=S) groups is 1. The number of hydrogen-bond donors (Lipinski definition) is 4. The van der Waals surface area contributed by atoms with Crippen LogP contribution in [0.1, 0.15) is 0 Å². The third-order valence-corrected chi connectivity index (χ3v) is 2.48. The molecule has 0 unspecified atom stereocenters. The molecular formula is C7H8N2O4S2. The number of rotatable bonds is 2. The topological polar surface area (TPSA) is 113 Å². The number of nitrogens with two attached hydrogens (primary N) is 1. The Balaban J connectivity index is 3.23. The van der Waals surface area contributed by atoms with Crippen LogP contribution in [0.3, 0.4) is 0 Å². The van der Waals surface area contributed by atoms with Crippen molar-refractivity contribution in [2.24, 2.45) is 5.73 Å². The summed E-state index contributed by atoms with van der Waals surface area (Å²) in [5.74, 6) is -0.227. The van der Waals surface area contributed by atoms with E-state index < -0.39 is 10.1 Å². The van der Waals surface area contributed by atoms with Crippen molar-refractivity contribution < 1.29 is 18.1 Å². The van der Waals surface area contributed by atoms with Crippen LogP contribution in [0.4, 0.5) is 5.69 Å². The fourth-order valence-corrected chi connectivity index (χ4v) is 1.53. The van der Waals surface area contributed by atoms with Gasteiger partial charge in [-0.3, -0.25) is 4.55 Å². The first-order valence-electron chi connectivity index (χ1n) is 3.67. The lowest BCUT2D eigenvalue weighted by molar-refractivity contribution is 0.475. The van der Waals surface area contributed by atoms with Crippen LogP contribution in [0.15, 0.2) is 23.1 Å². The van der Waals surface area contributed by atoms with Crippen molar-refractivity contribution in [3.63, 3.8) is 0 Å². The van der Waals surface area contributed by atoms with E-state index in [-0.39, 0.29) is 21.4 Å². The van der Waals surface area contributed by atoms with E-state index in [2.05, 4.69) is 17.5 Å². The van der Waals surface area contributed by atoms with E-state index in [0.717, 1.165) is 18.2 Å². The van der Waals surface area contributed by atoms with Gasteiger partial charge in [0.1, 0.15) is 5.75 Å². The van der Waals surface area contributed by atoms with E-state index in [1.54, 1.807) is 0 Å². The van der Waals surface area contributed by atoms with Crippen molar-refractivity contribution in [1.82, 2.24) is 0 Å². The molecule has 15 heavy (non-hydrogen) atoms. The molecule has 1 aromatic carbocycles. The Hall–Kier alpha value is -1.38. The van der Waals surface area contributed by atoms with Crippen LogP contribution in [0.5, 0.6) is 5.75 Å². The zero-order valence-corrected chi connectivity index (χ0v) is 8.97. The second-order valence-corrected chi connectivity index (χ2v) is 4.50. The molecule has 0 radical (unpaired) electrons. The zero-order chi connectivity index (χ0) is 11.6. The molecule has 0 spiro atoms. The van der Waals surface area contributed by atoms with E-state index >= 15 is 0 Å². The normalized spacial score (nSPS) is 11.0. The summed E-state index contributed by atoms with van der Waals surface area (Å²) < 4.78 is 30.3. The molecule has 6 nitrogen and oxygen atoms in total. The highest BCUT2D eigenvalue weighted by atomic mass is 32.2. The van der Waals surface area contributed by atoms with Crippen LogP contribution in [-0.4, -0.2) is 23.2 Å². The summed E-state index contributed by atoms with van der Waals surface area (Å²) in [6, 6.07) is 3.17. The number of hydrogen-bond acceptors (Lipinski definition) is 4. The highest BCUT2D eigenvalue weighted by molar-refractivity contribution is 7.85. The van der Waals surface area contributed by atoms with Crippen molar-refractivity contribution in [2.45, 2.75) is 4.90 Å². The molecule has 0 bridgehead atoms. The average Bonchev–Trinajstić information content (AvgIpc) is 2.06. The van der Waals surface area contributed by atoms with Crippen LogP contribution in [-0.2, 0) is 10.1 Å². The number of aromatic hydroxyl groups is 1. The Morgan fingerprint density at radius 1 is 1.47 bits per heavy atom. The quantitative estimate of drug-likeness (QED) is 0.338. The Morgan fingerprint density at radius 3 is 2.53 bits per heavy atom. The third-order valence-electron chi connectivity index (χ3n) is 1.52. The first kappa shape index (κ1) is 11.7. The summed E-state index contributed by atoms with van der Waals surface area (Å²) in [4.78, 5) is -0.362. The standard InChI is InChI=1S/C7H8N2O4S2/c8-7(14)9-5-3-4(15(11,12)13)1-2-6(5)10/h1-3,10H,(H3,8,9,14)(H,11,12,13). The van der Waals surface area contributed by atoms with Crippen molar-refractivity contribution in [3.05, 3.63) is 18.2 Å². The van der Waals surface area contributed by atoms with Crippen molar-refractivity contribution in [2.75, 3.05) is 5.32 Å². The van der Waals surface area contributed by atoms with E-state index in [9.17, 15) is 13.5 Å². The van der Waals surface area contributed by atoms with Gasteiger partial charge in [-0.1, -0.05) is 0 Å². The van der Waals surface area contributed by atoms with Crippen LogP contribution in [0.2, 0.25) is 0 Å². The highest BCUT2D eigenvalue weighted by Crippen LogP contribution is 2.25. The molecule has 0 aliphatic carbocycles. The number of anilines is 1. The predicted octanol–water partition coefficient (Wildman–Crippen LogP) is 0.294. The minimum absolute atomic E-state index is 0.0117. The van der Waals surface area contributed by atoms with Gasteiger partial charge in [-0.05, 0) is 30.4 Å². The maximum Gasteiger partial charge on any atom is 0.294 e. The second-order valence-electron chi connectivity index (χ2n) is 2.64. The molecule has 0 heterocycles. The number of benzene rings is 1. The summed E-state index contributed by atoms with van der Waals surface area (Å²) in [6.07, 6.45) is 0. The van der Waals surface area contributed by atoms with Crippen molar-refractivity contribution in [3.8, 4) is 5.75 Å². The molecule has 5 N–H and O–H groups in total. The maximum atomic E-state index is 10.8. The van der Waals surface area contributed by atoms with Gasteiger partial charge >= 0.3 is 0 Å². The Labute approximate surface area is 91.5 Å². The van der Waals surface area contributed by atoms with Crippen LogP contribution in [0, 0.1) is 0 Å². The van der Waals surface area contributed by atoms with Gasteiger partial charge in [0.2, 0.25) is 0 Å². The van der Waals surface area contributed by atoms with Gasteiger partial charge in [-0.25, -0.2) is 0 Å². The molecule has 0 amide bonds. The van der Waals surface area contributed by atoms with Crippen molar-refractivity contribution >= 4 is 33.1 Å². The molecule has 1 aromatic rings. The molecule has 82 valence electrons. The zero-order valence-electron chi connectivity index (χ0n) is 7.34. The average molecular weight is 248 g/mol. The third kappa shape index (κ3) is 3.05. The van der Waals surface area contributed by atoms with E-state index in [1.165, 1.54) is 0 Å². The maximum absolute atomic E-state index is 10.8. The fourth-order valence-electron chi connectivity index (χ4n) is 0.908. The molecule has 0 aliphatic heterocycles. The Morgan fingerprint density at radius 2 is 2.07 bits per heavy atom. The molecule has 8 heteroatoms. The SMILES string of the molecule is NC(=S)Nc1cc(S(=O)(=O)O)ccc1O. The first-order chi connectivity index (χ1) is 6.80. The molecule has 0 fully saturated rings. The fraction of sp³-hybridized carbons (Fsp3) is 0. The molecule has 0 aromatic heterocycles. The number of phenolic OH excluding ortho intramolecular Hbond substituents is 1. The van der Waals surface area contributed by atoms with Gasteiger partial charge in [-0.2, -0.15) is 8.42 Å². The van der Waals surface area contributed by atoms with E-state index in [1.807, 2.05) is 0 Å². The van der Waals surface area contributed by atoms with Gasteiger partial charge in [0.15, 0.2) is 5.11 Å². The van der Waals surface area contributed by atoms with Crippen LogP contribution < -0.4 is 11.1 Å². The summed E-state index contributed by atoms with van der Waals surface area (Å²) in [5, 5.41) is 11.5. The van der Waals surface area contributed by atoms with Gasteiger partial charge in [0.05, 0.1) is 10.6 Å². The highest BCUT2D eigenvalue weighted by Gasteiger charge is 2.12. The minimum atomic E-state index is -4.31. The van der Waals surface area contributed by atoms with E-state index in [4.69, 9.17) is 10.3 Å². The molecule has 0 saturated heterocycles. The van der Waals surface area contributed by atoms with Crippen LogP contribution >= 0.6 is 12.2 Å². The monoisotopic (exact) mass is 248 g/mol. The van der Waals surface area contributed by atoms with Crippen molar-refractivity contribution in [1.29, 1.82) is 0 Å². The minimum Gasteiger partial charge on any atom is -0.506 e. The smallest absolute Gasteiger partial charge is 0.294 e. The number of nitrogens with one attached hydrogen (secondary N) is 1. The van der Waals surface area contributed by atoms with E-state index in [0.29, 0.717) is 0 Å². The molecular weight excluding hydrogens is 240 g/mol. The largest absolute Gasteiger partial charge is 0.506 e. The first-order valence-corrected chi connectivity index (χ1v) is 5.52. The van der Waals surface area contributed by atoms with Gasteiger partial charge in [0, 0.05) is 0 Å². The lowest BCUT2D eigenvalue weighted by atomic mass is 10.3. The number of phenols is 1. The molecule has 0 saturated carbocycles.